The molecule has 21 heavy (non-hydrogen) atoms. The molecule has 2 nitrogen and oxygen atoms in total. The van der Waals surface area contributed by atoms with Crippen LogP contribution in [0.4, 0.5) is 0 Å². The first kappa shape index (κ1) is 20.9. The highest BCUT2D eigenvalue weighted by atomic mass is 16.3. The summed E-state index contributed by atoms with van der Waals surface area (Å²) in [5.41, 5.74) is 0. The summed E-state index contributed by atoms with van der Waals surface area (Å²) in [5.74, 6) is 0. The second-order valence-corrected chi connectivity index (χ2v) is 6.64. The average Bonchev–Trinajstić information content (AvgIpc) is 2.46. The van der Waals surface area contributed by atoms with Gasteiger partial charge in [0.2, 0.25) is 0 Å². The Hall–Kier alpha value is -0.0800. The van der Waals surface area contributed by atoms with Crippen LogP contribution < -0.4 is 0 Å². The Labute approximate surface area is 133 Å². The second kappa shape index (κ2) is 16.3. The molecule has 0 bridgehead atoms. The highest BCUT2D eigenvalue weighted by molar-refractivity contribution is 4.58. The van der Waals surface area contributed by atoms with E-state index in [-0.39, 0.29) is 12.2 Å². The van der Waals surface area contributed by atoms with Crippen molar-refractivity contribution in [1.29, 1.82) is 0 Å². The number of hydrogen-bond acceptors (Lipinski definition) is 2. The molecule has 0 amide bonds. The third-order valence-electron chi connectivity index (χ3n) is 4.34. The lowest BCUT2D eigenvalue weighted by Crippen LogP contribution is -2.05. The van der Waals surface area contributed by atoms with Crippen molar-refractivity contribution in [3.8, 4) is 0 Å². The van der Waals surface area contributed by atoms with Gasteiger partial charge in [0.1, 0.15) is 0 Å². The van der Waals surface area contributed by atoms with Crippen LogP contribution in [0.25, 0.3) is 0 Å². The fourth-order valence-electron chi connectivity index (χ4n) is 2.90. The van der Waals surface area contributed by atoms with E-state index in [0.29, 0.717) is 0 Å². The summed E-state index contributed by atoms with van der Waals surface area (Å²) in [5, 5.41) is 19.4. The molecule has 0 heterocycles. The predicted octanol–water partition coefficient (Wildman–Crippen LogP) is 5.60. The maximum absolute atomic E-state index is 9.82. The van der Waals surface area contributed by atoms with E-state index in [1.165, 1.54) is 64.2 Å². The molecule has 0 aliphatic carbocycles. The molecule has 2 atom stereocenters. The van der Waals surface area contributed by atoms with Gasteiger partial charge in [0, 0.05) is 0 Å². The molecule has 128 valence electrons. The third kappa shape index (κ3) is 16.1. The Bertz CT molecular complexity index is 194. The van der Waals surface area contributed by atoms with Crippen molar-refractivity contribution in [3.05, 3.63) is 0 Å². The highest BCUT2D eigenvalue weighted by Gasteiger charge is 2.04. The minimum absolute atomic E-state index is 0.0587. The summed E-state index contributed by atoms with van der Waals surface area (Å²) in [7, 11) is 0. The molecule has 0 aromatic heterocycles. The molecule has 0 aromatic rings. The van der Waals surface area contributed by atoms with Crippen LogP contribution in [0.2, 0.25) is 0 Å². The van der Waals surface area contributed by atoms with Gasteiger partial charge in [-0.3, -0.25) is 0 Å². The van der Waals surface area contributed by atoms with Gasteiger partial charge in [0.05, 0.1) is 12.2 Å². The number of hydrogen-bond donors (Lipinski definition) is 2. The zero-order valence-corrected chi connectivity index (χ0v) is 14.7. The lowest BCUT2D eigenvalue weighted by atomic mass is 10.0. The van der Waals surface area contributed by atoms with Crippen molar-refractivity contribution in [2.24, 2.45) is 0 Å². The minimum Gasteiger partial charge on any atom is -0.393 e. The van der Waals surface area contributed by atoms with Crippen LogP contribution in [-0.4, -0.2) is 22.4 Å². The largest absolute Gasteiger partial charge is 0.393 e. The van der Waals surface area contributed by atoms with Gasteiger partial charge in [0.25, 0.3) is 0 Å². The molecule has 0 aromatic carbocycles. The van der Waals surface area contributed by atoms with Crippen LogP contribution in [-0.2, 0) is 0 Å². The number of aliphatic hydroxyl groups is 2. The van der Waals surface area contributed by atoms with Crippen molar-refractivity contribution in [2.45, 2.75) is 122 Å². The van der Waals surface area contributed by atoms with Crippen LogP contribution in [0.1, 0.15) is 110 Å². The van der Waals surface area contributed by atoms with E-state index < -0.39 is 0 Å². The summed E-state index contributed by atoms with van der Waals surface area (Å²) in [4.78, 5) is 0. The molecule has 0 rings (SSSR count). The number of rotatable bonds is 16. The van der Waals surface area contributed by atoms with Crippen LogP contribution >= 0.6 is 0 Å². The Balaban J connectivity index is 3.15. The zero-order valence-electron chi connectivity index (χ0n) is 14.7. The molecule has 2 N–H and O–H groups in total. The quantitative estimate of drug-likeness (QED) is 0.364. The predicted molar refractivity (Wildman–Crippen MR) is 92.6 cm³/mol. The van der Waals surface area contributed by atoms with Crippen molar-refractivity contribution in [1.82, 2.24) is 0 Å². The first-order chi connectivity index (χ1) is 10.2. The average molecular weight is 301 g/mol. The molecule has 0 saturated heterocycles. The van der Waals surface area contributed by atoms with Crippen molar-refractivity contribution >= 4 is 0 Å². The van der Waals surface area contributed by atoms with Crippen LogP contribution in [0.15, 0.2) is 0 Å². The third-order valence-corrected chi connectivity index (χ3v) is 4.34. The molecule has 0 spiro atoms. The Morgan fingerprint density at radius 3 is 1.29 bits per heavy atom. The molecule has 0 aliphatic heterocycles. The van der Waals surface area contributed by atoms with Gasteiger partial charge in [-0.1, -0.05) is 84.5 Å². The summed E-state index contributed by atoms with van der Waals surface area (Å²) in [6, 6.07) is 0. The van der Waals surface area contributed by atoms with E-state index in [9.17, 15) is 10.2 Å². The maximum atomic E-state index is 9.82. The van der Waals surface area contributed by atoms with Crippen molar-refractivity contribution < 1.29 is 10.2 Å². The SMILES string of the molecule is CCCCCC(O)CCCCCCCCCC(O)CCC. The topological polar surface area (TPSA) is 40.5 Å². The fourth-order valence-corrected chi connectivity index (χ4v) is 2.90. The van der Waals surface area contributed by atoms with E-state index in [2.05, 4.69) is 13.8 Å². The molecular weight excluding hydrogens is 260 g/mol. The van der Waals surface area contributed by atoms with Gasteiger partial charge in [-0.2, -0.15) is 0 Å². The Morgan fingerprint density at radius 1 is 0.476 bits per heavy atom. The van der Waals surface area contributed by atoms with Gasteiger partial charge >= 0.3 is 0 Å². The second-order valence-electron chi connectivity index (χ2n) is 6.64. The van der Waals surface area contributed by atoms with Crippen molar-refractivity contribution in [2.75, 3.05) is 0 Å². The van der Waals surface area contributed by atoms with Gasteiger partial charge < -0.3 is 10.2 Å². The maximum Gasteiger partial charge on any atom is 0.0540 e. The first-order valence-electron chi connectivity index (χ1n) is 9.56. The van der Waals surface area contributed by atoms with Gasteiger partial charge in [0.15, 0.2) is 0 Å². The lowest BCUT2D eigenvalue weighted by molar-refractivity contribution is 0.147. The van der Waals surface area contributed by atoms with Crippen molar-refractivity contribution in [3.63, 3.8) is 0 Å². The smallest absolute Gasteiger partial charge is 0.0540 e. The van der Waals surface area contributed by atoms with Gasteiger partial charge in [-0.15, -0.1) is 0 Å². The zero-order chi connectivity index (χ0) is 15.8. The van der Waals surface area contributed by atoms with Gasteiger partial charge in [-0.05, 0) is 25.7 Å². The highest BCUT2D eigenvalue weighted by Crippen LogP contribution is 2.14. The van der Waals surface area contributed by atoms with E-state index >= 15 is 0 Å². The van der Waals surface area contributed by atoms with Crippen LogP contribution in [0.5, 0.6) is 0 Å². The molecule has 2 unspecified atom stereocenters. The molecule has 0 fully saturated rings. The summed E-state index contributed by atoms with van der Waals surface area (Å²) < 4.78 is 0. The van der Waals surface area contributed by atoms with E-state index in [4.69, 9.17) is 0 Å². The first-order valence-corrected chi connectivity index (χ1v) is 9.56. The monoisotopic (exact) mass is 300 g/mol. The molecule has 0 saturated carbocycles. The summed E-state index contributed by atoms with van der Waals surface area (Å²) in [6.45, 7) is 4.33. The molecular formula is C19H40O2. The van der Waals surface area contributed by atoms with E-state index in [1.54, 1.807) is 0 Å². The van der Waals surface area contributed by atoms with E-state index in [1.807, 2.05) is 0 Å². The summed E-state index contributed by atoms with van der Waals surface area (Å²) in [6.07, 6.45) is 17.4. The standard InChI is InChI=1S/C19H40O2/c1-3-5-11-15-19(21)17-13-10-8-6-7-9-12-16-18(20)14-4-2/h18-21H,3-17H2,1-2H3. The van der Waals surface area contributed by atoms with E-state index in [0.717, 1.165) is 32.1 Å². The summed E-state index contributed by atoms with van der Waals surface area (Å²) >= 11 is 0. The molecule has 0 aliphatic rings. The normalized spacial score (nSPS) is 14.3. The lowest BCUT2D eigenvalue weighted by Gasteiger charge is -2.10. The van der Waals surface area contributed by atoms with Crippen LogP contribution in [0, 0.1) is 0 Å². The fraction of sp³-hybridized carbons (Fsp3) is 1.00. The molecule has 2 heteroatoms. The van der Waals surface area contributed by atoms with Gasteiger partial charge in [-0.25, -0.2) is 0 Å². The Kier molecular flexibility index (Phi) is 16.2. The minimum atomic E-state index is -0.0656. The number of aliphatic hydroxyl groups excluding tert-OH is 2. The number of unbranched alkanes of at least 4 members (excludes halogenated alkanes) is 8. The Morgan fingerprint density at radius 2 is 0.857 bits per heavy atom. The molecule has 0 radical (unpaired) electrons. The van der Waals surface area contributed by atoms with Crippen LogP contribution in [0.3, 0.4) is 0 Å².